The van der Waals surface area contributed by atoms with Crippen LogP contribution >= 0.6 is 0 Å². The fourth-order valence-electron chi connectivity index (χ4n) is 1.58. The summed E-state index contributed by atoms with van der Waals surface area (Å²) in [5.74, 6) is -0.900. The maximum atomic E-state index is 11.8. The maximum absolute atomic E-state index is 11.8. The summed E-state index contributed by atoms with van der Waals surface area (Å²) < 4.78 is 0. The Morgan fingerprint density at radius 2 is 2.26 bits per heavy atom. The number of nitro groups is 1. The van der Waals surface area contributed by atoms with E-state index >= 15 is 0 Å². The molecule has 7 heteroatoms. The van der Waals surface area contributed by atoms with Crippen LogP contribution in [0, 0.1) is 10.1 Å². The molecule has 0 aliphatic rings. The van der Waals surface area contributed by atoms with E-state index < -0.39 is 16.9 Å². The van der Waals surface area contributed by atoms with Gasteiger partial charge < -0.3 is 16.2 Å². The van der Waals surface area contributed by atoms with Gasteiger partial charge in [-0.3, -0.25) is 14.9 Å². The molecule has 4 N–H and O–H groups in total. The number of hydrogen-bond donors (Lipinski definition) is 3. The first-order valence-electron chi connectivity index (χ1n) is 6.00. The lowest BCUT2D eigenvalue weighted by Gasteiger charge is -2.12. The zero-order valence-corrected chi connectivity index (χ0v) is 10.6. The Morgan fingerprint density at radius 3 is 2.84 bits per heavy atom. The number of unbranched alkanes of at least 4 members (excludes halogenated alkanes) is 1. The lowest BCUT2D eigenvalue weighted by molar-refractivity contribution is -0.384. The minimum absolute atomic E-state index is 0.218. The van der Waals surface area contributed by atoms with Crippen LogP contribution in [0.1, 0.15) is 26.2 Å². The molecule has 0 bridgehead atoms. The largest absolute Gasteiger partial charge is 0.505 e. The number of hydrogen-bond acceptors (Lipinski definition) is 5. The lowest BCUT2D eigenvalue weighted by Crippen LogP contribution is -2.35. The van der Waals surface area contributed by atoms with Gasteiger partial charge in [-0.15, -0.1) is 0 Å². The van der Waals surface area contributed by atoms with Crippen molar-refractivity contribution in [3.05, 3.63) is 28.3 Å². The van der Waals surface area contributed by atoms with Crippen LogP contribution in [0.2, 0.25) is 0 Å². The van der Waals surface area contributed by atoms with Crippen molar-refractivity contribution in [1.29, 1.82) is 0 Å². The Balaban J connectivity index is 2.87. The van der Waals surface area contributed by atoms with Crippen molar-refractivity contribution in [3.63, 3.8) is 0 Å². The fourth-order valence-corrected chi connectivity index (χ4v) is 1.58. The molecule has 0 spiro atoms. The molecule has 0 saturated carbocycles. The Morgan fingerprint density at radius 1 is 1.58 bits per heavy atom. The van der Waals surface area contributed by atoms with Crippen molar-refractivity contribution >= 4 is 17.3 Å². The quantitative estimate of drug-likeness (QED) is 0.412. The highest BCUT2D eigenvalue weighted by atomic mass is 16.6. The number of amides is 1. The van der Waals surface area contributed by atoms with E-state index in [0.29, 0.717) is 6.42 Å². The summed E-state index contributed by atoms with van der Waals surface area (Å²) in [5.41, 5.74) is 5.08. The monoisotopic (exact) mass is 267 g/mol. The molecule has 0 saturated heterocycles. The molecule has 1 rings (SSSR count). The minimum Gasteiger partial charge on any atom is -0.505 e. The number of rotatable bonds is 6. The molecule has 0 aromatic heterocycles. The summed E-state index contributed by atoms with van der Waals surface area (Å²) in [7, 11) is 0. The van der Waals surface area contributed by atoms with Crippen LogP contribution in [-0.4, -0.2) is 22.0 Å². The van der Waals surface area contributed by atoms with Crippen molar-refractivity contribution in [3.8, 4) is 5.75 Å². The molecule has 0 unspecified atom stereocenters. The van der Waals surface area contributed by atoms with Crippen LogP contribution < -0.4 is 11.1 Å². The van der Waals surface area contributed by atoms with E-state index in [-0.39, 0.29) is 17.1 Å². The molecule has 104 valence electrons. The molecule has 1 atom stereocenters. The fraction of sp³-hybridized carbons (Fsp3) is 0.417. The Hall–Kier alpha value is -2.15. The summed E-state index contributed by atoms with van der Waals surface area (Å²) in [6.07, 6.45) is 2.18. The molecule has 0 heterocycles. The highest BCUT2D eigenvalue weighted by Gasteiger charge is 2.22. The molecule has 7 nitrogen and oxygen atoms in total. The number of phenols is 1. The number of nitrogens with two attached hydrogens (primary N) is 1. The van der Waals surface area contributed by atoms with E-state index in [2.05, 4.69) is 5.32 Å². The van der Waals surface area contributed by atoms with Gasteiger partial charge in [0.15, 0.2) is 5.69 Å². The van der Waals surface area contributed by atoms with Crippen molar-refractivity contribution in [1.82, 2.24) is 0 Å². The zero-order chi connectivity index (χ0) is 14.4. The van der Waals surface area contributed by atoms with E-state index in [1.54, 1.807) is 0 Å². The Kier molecular flexibility index (Phi) is 5.25. The first-order valence-corrected chi connectivity index (χ1v) is 6.00. The van der Waals surface area contributed by atoms with Crippen molar-refractivity contribution < 1.29 is 14.8 Å². The van der Waals surface area contributed by atoms with E-state index in [1.807, 2.05) is 6.92 Å². The van der Waals surface area contributed by atoms with E-state index in [1.165, 1.54) is 18.2 Å². The predicted octanol–water partition coefficient (Wildman–Crippen LogP) is 1.76. The average molecular weight is 267 g/mol. The second-order valence-electron chi connectivity index (χ2n) is 4.17. The predicted molar refractivity (Wildman–Crippen MR) is 70.9 cm³/mol. The molecule has 1 aromatic carbocycles. The van der Waals surface area contributed by atoms with Gasteiger partial charge >= 0.3 is 0 Å². The summed E-state index contributed by atoms with van der Waals surface area (Å²) in [5, 5.41) is 22.7. The number of aromatic hydroxyl groups is 1. The molecule has 0 aliphatic heterocycles. The van der Waals surface area contributed by atoms with Crippen molar-refractivity contribution in [2.75, 3.05) is 5.32 Å². The van der Waals surface area contributed by atoms with Gasteiger partial charge in [-0.25, -0.2) is 0 Å². The number of carbonyl (C=O) groups is 1. The number of carbonyl (C=O) groups excluding carboxylic acids is 1. The minimum atomic E-state index is -0.751. The van der Waals surface area contributed by atoms with Crippen LogP contribution in [0.5, 0.6) is 5.75 Å². The van der Waals surface area contributed by atoms with Gasteiger partial charge in [-0.1, -0.05) is 25.8 Å². The molecule has 1 aromatic rings. The number of nitro benzene ring substituents is 1. The molecular formula is C12H17N3O4. The SMILES string of the molecule is CCCC[C@H](N)C(=O)Nc1c(O)cccc1[N+](=O)[O-]. The summed E-state index contributed by atoms with van der Waals surface area (Å²) in [6.45, 7) is 1.97. The van der Waals surface area contributed by atoms with Crippen LogP contribution in [0.15, 0.2) is 18.2 Å². The number of para-hydroxylation sites is 1. The van der Waals surface area contributed by atoms with E-state index in [4.69, 9.17) is 5.73 Å². The third-order valence-corrected chi connectivity index (χ3v) is 2.67. The third-order valence-electron chi connectivity index (χ3n) is 2.67. The second-order valence-corrected chi connectivity index (χ2v) is 4.17. The molecule has 0 fully saturated rings. The molecular weight excluding hydrogens is 250 g/mol. The summed E-state index contributed by atoms with van der Waals surface area (Å²) >= 11 is 0. The Bertz CT molecular complexity index is 476. The lowest BCUT2D eigenvalue weighted by atomic mass is 10.1. The average Bonchev–Trinajstić information content (AvgIpc) is 2.37. The first kappa shape index (κ1) is 14.9. The third kappa shape index (κ3) is 3.92. The highest BCUT2D eigenvalue weighted by Crippen LogP contribution is 2.33. The molecule has 1 amide bonds. The second kappa shape index (κ2) is 6.69. The van der Waals surface area contributed by atoms with Gasteiger partial charge in [-0.2, -0.15) is 0 Å². The van der Waals surface area contributed by atoms with Gasteiger partial charge in [0.05, 0.1) is 11.0 Å². The number of nitrogens with zero attached hydrogens (tertiary/aromatic N) is 1. The number of anilines is 1. The van der Waals surface area contributed by atoms with Crippen molar-refractivity contribution in [2.24, 2.45) is 5.73 Å². The first-order chi connectivity index (χ1) is 8.97. The molecule has 19 heavy (non-hydrogen) atoms. The number of benzene rings is 1. The van der Waals surface area contributed by atoms with Crippen LogP contribution in [0.25, 0.3) is 0 Å². The molecule has 0 radical (unpaired) electrons. The zero-order valence-electron chi connectivity index (χ0n) is 10.6. The normalized spacial score (nSPS) is 11.9. The van der Waals surface area contributed by atoms with E-state index in [9.17, 15) is 20.0 Å². The number of nitrogens with one attached hydrogen (secondary N) is 1. The van der Waals surface area contributed by atoms with Crippen LogP contribution in [0.3, 0.4) is 0 Å². The maximum Gasteiger partial charge on any atom is 0.296 e. The van der Waals surface area contributed by atoms with Gasteiger partial charge in [-0.05, 0) is 12.5 Å². The van der Waals surface area contributed by atoms with Crippen LogP contribution in [-0.2, 0) is 4.79 Å². The summed E-state index contributed by atoms with van der Waals surface area (Å²) in [6, 6.07) is 3.05. The van der Waals surface area contributed by atoms with Gasteiger partial charge in [0.25, 0.3) is 5.69 Å². The van der Waals surface area contributed by atoms with E-state index in [0.717, 1.165) is 12.8 Å². The van der Waals surface area contributed by atoms with Gasteiger partial charge in [0.1, 0.15) is 5.75 Å². The van der Waals surface area contributed by atoms with Gasteiger partial charge in [0, 0.05) is 6.07 Å². The smallest absolute Gasteiger partial charge is 0.296 e. The highest BCUT2D eigenvalue weighted by molar-refractivity contribution is 5.98. The van der Waals surface area contributed by atoms with Crippen molar-refractivity contribution in [2.45, 2.75) is 32.2 Å². The summed E-state index contributed by atoms with van der Waals surface area (Å²) in [4.78, 5) is 21.9. The number of phenolic OH excluding ortho intramolecular Hbond substituents is 1. The molecule has 0 aliphatic carbocycles. The standard InChI is InChI=1S/C12H17N3O4/c1-2-3-5-8(13)12(17)14-11-9(15(18)19)6-4-7-10(11)16/h4,6-8,16H,2-3,5,13H2,1H3,(H,14,17)/t8-/m0/s1. The Labute approximate surface area is 110 Å². The van der Waals surface area contributed by atoms with Gasteiger partial charge in [0.2, 0.25) is 5.91 Å². The van der Waals surface area contributed by atoms with Crippen LogP contribution in [0.4, 0.5) is 11.4 Å². The topological polar surface area (TPSA) is 118 Å².